The summed E-state index contributed by atoms with van der Waals surface area (Å²) in [5.41, 5.74) is 0. The summed E-state index contributed by atoms with van der Waals surface area (Å²) >= 11 is 3.23. The lowest BCUT2D eigenvalue weighted by Crippen LogP contribution is -2.14. The molecule has 1 aliphatic rings. The average molecular weight is 258 g/mol. The maximum atomic E-state index is 9.91. The van der Waals surface area contributed by atoms with Crippen LogP contribution in [0.5, 0.6) is 0 Å². The first-order chi connectivity index (χ1) is 7.74. The highest BCUT2D eigenvalue weighted by Gasteiger charge is 2.19. The molecule has 16 heavy (non-hydrogen) atoms. The Kier molecular flexibility index (Phi) is 4.61. The van der Waals surface area contributed by atoms with Gasteiger partial charge in [-0.05, 0) is 19.3 Å². The van der Waals surface area contributed by atoms with Crippen molar-refractivity contribution in [2.45, 2.75) is 49.5 Å². The third-order valence-electron chi connectivity index (χ3n) is 2.99. The number of hydrogen-bond acceptors (Lipinski definition) is 5. The Labute approximate surface area is 105 Å². The summed E-state index contributed by atoms with van der Waals surface area (Å²) in [5, 5.41) is 18.9. The van der Waals surface area contributed by atoms with Crippen molar-refractivity contribution in [3.8, 4) is 0 Å². The van der Waals surface area contributed by atoms with Gasteiger partial charge in [0.05, 0.1) is 6.10 Å². The van der Waals surface area contributed by atoms with E-state index in [2.05, 4.69) is 10.2 Å². The van der Waals surface area contributed by atoms with E-state index in [1.165, 1.54) is 25.7 Å². The number of aliphatic hydroxyl groups is 1. The third kappa shape index (κ3) is 3.71. The fraction of sp³-hybridized carbons (Fsp3) is 0.818. The second-order valence-corrected chi connectivity index (χ2v) is 6.89. The highest BCUT2D eigenvalue weighted by atomic mass is 32.2. The van der Waals surface area contributed by atoms with Crippen molar-refractivity contribution < 1.29 is 5.11 Å². The maximum Gasteiger partial charge on any atom is 0.174 e. The van der Waals surface area contributed by atoms with Crippen LogP contribution in [0.2, 0.25) is 0 Å². The summed E-state index contributed by atoms with van der Waals surface area (Å²) in [6.07, 6.45) is 6.09. The van der Waals surface area contributed by atoms with Crippen LogP contribution < -0.4 is 0 Å². The number of aryl methyl sites for hydroxylation is 1. The van der Waals surface area contributed by atoms with Gasteiger partial charge in [-0.1, -0.05) is 48.8 Å². The smallest absolute Gasteiger partial charge is 0.174 e. The van der Waals surface area contributed by atoms with Gasteiger partial charge in [0.2, 0.25) is 0 Å². The van der Waals surface area contributed by atoms with E-state index >= 15 is 0 Å². The van der Waals surface area contributed by atoms with Gasteiger partial charge in [-0.2, -0.15) is 0 Å². The van der Waals surface area contributed by atoms with Crippen LogP contribution in [0.15, 0.2) is 4.34 Å². The lowest BCUT2D eigenvalue weighted by Gasteiger charge is -2.13. The molecule has 1 N–H and O–H groups in total. The van der Waals surface area contributed by atoms with Crippen LogP contribution >= 0.6 is 23.1 Å². The zero-order chi connectivity index (χ0) is 11.4. The summed E-state index contributed by atoms with van der Waals surface area (Å²) in [4.78, 5) is 0. The lowest BCUT2D eigenvalue weighted by molar-refractivity contribution is 0.166. The number of hydrogen-bond donors (Lipinski definition) is 1. The Bertz CT molecular complexity index is 324. The van der Waals surface area contributed by atoms with Crippen molar-refractivity contribution in [1.29, 1.82) is 0 Å². The molecule has 1 aliphatic carbocycles. The largest absolute Gasteiger partial charge is 0.392 e. The van der Waals surface area contributed by atoms with Crippen LogP contribution in [0.1, 0.15) is 37.1 Å². The van der Waals surface area contributed by atoms with Gasteiger partial charge in [-0.15, -0.1) is 10.2 Å². The topological polar surface area (TPSA) is 46.0 Å². The molecule has 0 aliphatic heterocycles. The average Bonchev–Trinajstić information content (AvgIpc) is 2.87. The van der Waals surface area contributed by atoms with E-state index in [1.54, 1.807) is 23.1 Å². The quantitative estimate of drug-likeness (QED) is 0.825. The Morgan fingerprint density at radius 2 is 2.19 bits per heavy atom. The minimum atomic E-state index is -0.183. The van der Waals surface area contributed by atoms with Crippen LogP contribution in [0.25, 0.3) is 0 Å². The third-order valence-corrected chi connectivity index (χ3v) is 5.10. The fourth-order valence-corrected chi connectivity index (χ4v) is 3.99. The van der Waals surface area contributed by atoms with Gasteiger partial charge in [-0.25, -0.2) is 0 Å². The predicted molar refractivity (Wildman–Crippen MR) is 68.0 cm³/mol. The molecule has 0 spiro atoms. The van der Waals surface area contributed by atoms with E-state index in [0.717, 1.165) is 27.4 Å². The van der Waals surface area contributed by atoms with Crippen molar-refractivity contribution in [1.82, 2.24) is 10.2 Å². The Morgan fingerprint density at radius 3 is 2.81 bits per heavy atom. The number of aliphatic hydroxyl groups excluding tert-OH is 1. The van der Waals surface area contributed by atoms with Crippen LogP contribution in [0.4, 0.5) is 0 Å². The van der Waals surface area contributed by atoms with E-state index < -0.39 is 0 Å². The molecule has 1 aromatic heterocycles. The Morgan fingerprint density at radius 1 is 1.44 bits per heavy atom. The predicted octanol–water partition coefficient (Wildman–Crippen LogP) is 2.88. The summed E-state index contributed by atoms with van der Waals surface area (Å²) in [7, 11) is 0. The molecule has 1 aromatic rings. The Hall–Kier alpha value is -0.130. The van der Waals surface area contributed by atoms with Crippen molar-refractivity contribution in [3.63, 3.8) is 0 Å². The Balaban J connectivity index is 1.68. The van der Waals surface area contributed by atoms with Crippen LogP contribution in [-0.4, -0.2) is 27.2 Å². The van der Waals surface area contributed by atoms with Crippen LogP contribution in [0, 0.1) is 12.8 Å². The molecule has 0 radical (unpaired) electrons. The van der Waals surface area contributed by atoms with E-state index in [-0.39, 0.29) is 6.10 Å². The van der Waals surface area contributed by atoms with Crippen molar-refractivity contribution in [2.24, 2.45) is 5.92 Å². The van der Waals surface area contributed by atoms with E-state index in [1.807, 2.05) is 6.92 Å². The standard InChI is InChI=1S/C11H18N2OS2/c1-8-12-13-11(16-8)15-7-10(14)6-9-4-2-3-5-9/h9-10,14H,2-7H2,1H3. The molecule has 1 unspecified atom stereocenters. The summed E-state index contributed by atoms with van der Waals surface area (Å²) in [6, 6.07) is 0. The van der Waals surface area contributed by atoms with Gasteiger partial charge < -0.3 is 5.11 Å². The molecule has 0 aromatic carbocycles. The molecule has 0 bridgehead atoms. The van der Waals surface area contributed by atoms with Gasteiger partial charge in [0.1, 0.15) is 5.01 Å². The fourth-order valence-electron chi connectivity index (χ4n) is 2.20. The van der Waals surface area contributed by atoms with Gasteiger partial charge in [0, 0.05) is 5.75 Å². The molecule has 0 saturated heterocycles. The second-order valence-electron chi connectivity index (χ2n) is 4.44. The van der Waals surface area contributed by atoms with Gasteiger partial charge in [0.25, 0.3) is 0 Å². The molecule has 1 saturated carbocycles. The van der Waals surface area contributed by atoms with Crippen molar-refractivity contribution in [2.75, 3.05) is 5.75 Å². The first-order valence-electron chi connectivity index (χ1n) is 5.85. The number of thioether (sulfide) groups is 1. The highest BCUT2D eigenvalue weighted by Crippen LogP contribution is 2.30. The second kappa shape index (κ2) is 5.98. The molecule has 1 heterocycles. The molecule has 5 heteroatoms. The number of nitrogens with zero attached hydrogens (tertiary/aromatic N) is 2. The normalized spacial score (nSPS) is 19.1. The zero-order valence-corrected chi connectivity index (χ0v) is 11.2. The molecular weight excluding hydrogens is 240 g/mol. The highest BCUT2D eigenvalue weighted by molar-refractivity contribution is 8.01. The molecule has 1 atom stereocenters. The van der Waals surface area contributed by atoms with E-state index in [9.17, 15) is 5.11 Å². The van der Waals surface area contributed by atoms with Crippen molar-refractivity contribution in [3.05, 3.63) is 5.01 Å². The minimum absolute atomic E-state index is 0.183. The number of rotatable bonds is 5. The summed E-state index contributed by atoms with van der Waals surface area (Å²) in [6.45, 7) is 1.96. The lowest BCUT2D eigenvalue weighted by atomic mass is 10.0. The van der Waals surface area contributed by atoms with Gasteiger partial charge >= 0.3 is 0 Å². The molecule has 0 amide bonds. The molecule has 2 rings (SSSR count). The SMILES string of the molecule is Cc1nnc(SCC(O)CC2CCCC2)s1. The minimum Gasteiger partial charge on any atom is -0.392 e. The van der Waals surface area contributed by atoms with Gasteiger partial charge in [-0.3, -0.25) is 0 Å². The summed E-state index contributed by atoms with van der Waals surface area (Å²) < 4.78 is 0.975. The van der Waals surface area contributed by atoms with Crippen LogP contribution in [-0.2, 0) is 0 Å². The van der Waals surface area contributed by atoms with Gasteiger partial charge in [0.15, 0.2) is 4.34 Å². The monoisotopic (exact) mass is 258 g/mol. The molecular formula is C11H18N2OS2. The van der Waals surface area contributed by atoms with Crippen molar-refractivity contribution >= 4 is 23.1 Å². The number of aromatic nitrogens is 2. The molecule has 3 nitrogen and oxygen atoms in total. The molecule has 1 fully saturated rings. The molecule has 90 valence electrons. The van der Waals surface area contributed by atoms with E-state index in [4.69, 9.17) is 0 Å². The maximum absolute atomic E-state index is 9.91. The van der Waals surface area contributed by atoms with Crippen LogP contribution in [0.3, 0.4) is 0 Å². The zero-order valence-electron chi connectivity index (χ0n) is 9.56. The summed E-state index contributed by atoms with van der Waals surface area (Å²) in [5.74, 6) is 1.51. The van der Waals surface area contributed by atoms with E-state index in [0.29, 0.717) is 0 Å². The first kappa shape index (κ1) is 12.3. The first-order valence-corrected chi connectivity index (χ1v) is 7.65.